The molecule has 0 heterocycles. The third-order valence-electron chi connectivity index (χ3n) is 3.92. The van der Waals surface area contributed by atoms with E-state index < -0.39 is 0 Å². The number of carbonyl (C=O) groups excluding carboxylic acids is 1. The smallest absolute Gasteiger partial charge is 0.246 e. The minimum atomic E-state index is -0.259. The summed E-state index contributed by atoms with van der Waals surface area (Å²) >= 11 is 0. The van der Waals surface area contributed by atoms with Gasteiger partial charge in [-0.3, -0.25) is 4.79 Å². The van der Waals surface area contributed by atoms with Gasteiger partial charge in [-0.2, -0.15) is 0 Å². The van der Waals surface area contributed by atoms with Gasteiger partial charge in [-0.05, 0) is 16.7 Å². The minimum Gasteiger partial charge on any atom is -0.359 e. The minimum absolute atomic E-state index is 0.0152. The van der Waals surface area contributed by atoms with Gasteiger partial charge in [0, 0.05) is 6.54 Å². The van der Waals surface area contributed by atoms with Crippen LogP contribution in [0.1, 0.15) is 22.8 Å². The number of hydrogen-bond acceptors (Lipinski definition) is 2. The number of hydrogen-bond donors (Lipinski definition) is 1. The van der Waals surface area contributed by atoms with Crippen LogP contribution in [0, 0.1) is 0 Å². The van der Waals surface area contributed by atoms with E-state index in [1.165, 1.54) is 0 Å². The summed E-state index contributed by atoms with van der Waals surface area (Å²) in [6, 6.07) is 29.7. The molecule has 0 aliphatic rings. The molecule has 126 valence electrons. The van der Waals surface area contributed by atoms with E-state index in [-0.39, 0.29) is 18.6 Å². The predicted octanol–water partition coefficient (Wildman–Crippen LogP) is 4.11. The van der Waals surface area contributed by atoms with Gasteiger partial charge in [0.2, 0.25) is 5.91 Å². The van der Waals surface area contributed by atoms with Crippen LogP contribution in [0.3, 0.4) is 0 Å². The first-order valence-electron chi connectivity index (χ1n) is 8.35. The Balaban J connectivity index is 1.62. The second-order valence-electron chi connectivity index (χ2n) is 5.77. The summed E-state index contributed by atoms with van der Waals surface area (Å²) in [5.41, 5.74) is 3.13. The molecule has 0 fully saturated rings. The molecule has 25 heavy (non-hydrogen) atoms. The third kappa shape index (κ3) is 5.03. The molecule has 0 bridgehead atoms. The van der Waals surface area contributed by atoms with E-state index >= 15 is 0 Å². The lowest BCUT2D eigenvalue weighted by Gasteiger charge is -2.18. The molecule has 3 aromatic carbocycles. The highest BCUT2D eigenvalue weighted by molar-refractivity contribution is 5.77. The molecule has 0 aliphatic carbocycles. The van der Waals surface area contributed by atoms with Crippen molar-refractivity contribution in [3.63, 3.8) is 0 Å². The zero-order chi connectivity index (χ0) is 17.3. The Morgan fingerprint density at radius 1 is 0.760 bits per heavy atom. The molecule has 3 heteroatoms. The highest BCUT2D eigenvalue weighted by atomic mass is 16.5. The first-order valence-corrected chi connectivity index (χ1v) is 8.35. The van der Waals surface area contributed by atoms with Gasteiger partial charge in [0.15, 0.2) is 0 Å². The van der Waals surface area contributed by atoms with Crippen LogP contribution in [0.5, 0.6) is 0 Å². The monoisotopic (exact) mass is 331 g/mol. The molecule has 0 saturated heterocycles. The lowest BCUT2D eigenvalue weighted by atomic mass is 10.0. The van der Waals surface area contributed by atoms with Crippen molar-refractivity contribution >= 4 is 5.91 Å². The van der Waals surface area contributed by atoms with Crippen LogP contribution in [0.15, 0.2) is 91.0 Å². The van der Waals surface area contributed by atoms with E-state index in [1.54, 1.807) is 0 Å². The largest absolute Gasteiger partial charge is 0.359 e. The summed E-state index contributed by atoms with van der Waals surface area (Å²) in [7, 11) is 0. The lowest BCUT2D eigenvalue weighted by molar-refractivity contribution is -0.127. The Morgan fingerprint density at radius 3 is 1.76 bits per heavy atom. The molecule has 3 aromatic rings. The van der Waals surface area contributed by atoms with E-state index in [0.717, 1.165) is 16.7 Å². The van der Waals surface area contributed by atoms with E-state index in [9.17, 15) is 4.79 Å². The summed E-state index contributed by atoms with van der Waals surface area (Å²) in [4.78, 5) is 12.1. The maximum absolute atomic E-state index is 12.1. The quantitative estimate of drug-likeness (QED) is 0.707. The Morgan fingerprint density at radius 2 is 1.24 bits per heavy atom. The molecule has 1 amide bonds. The van der Waals surface area contributed by atoms with Crippen LogP contribution >= 0.6 is 0 Å². The lowest BCUT2D eigenvalue weighted by Crippen LogP contribution is -2.28. The second-order valence-corrected chi connectivity index (χ2v) is 5.77. The predicted molar refractivity (Wildman–Crippen MR) is 99.0 cm³/mol. The average Bonchev–Trinajstić information content (AvgIpc) is 2.69. The normalized spacial score (nSPS) is 10.6. The number of ether oxygens (including phenoxy) is 1. The maximum atomic E-state index is 12.1. The van der Waals surface area contributed by atoms with Crippen molar-refractivity contribution in [1.82, 2.24) is 5.32 Å². The molecule has 0 radical (unpaired) electrons. The fraction of sp³-hybridized carbons (Fsp3) is 0.136. The van der Waals surface area contributed by atoms with E-state index in [4.69, 9.17) is 4.74 Å². The van der Waals surface area contributed by atoms with Crippen molar-refractivity contribution in [2.24, 2.45) is 0 Å². The van der Waals surface area contributed by atoms with Crippen molar-refractivity contribution < 1.29 is 9.53 Å². The van der Waals surface area contributed by atoms with Crippen LogP contribution in [-0.2, 0) is 16.1 Å². The van der Waals surface area contributed by atoms with Crippen LogP contribution in [0.2, 0.25) is 0 Å². The first kappa shape index (κ1) is 16.9. The van der Waals surface area contributed by atoms with Crippen molar-refractivity contribution in [1.29, 1.82) is 0 Å². The summed E-state index contributed by atoms with van der Waals surface area (Å²) in [5.74, 6) is -0.124. The molecule has 0 atom stereocenters. The van der Waals surface area contributed by atoms with Gasteiger partial charge in [0.1, 0.15) is 12.7 Å². The van der Waals surface area contributed by atoms with Gasteiger partial charge in [-0.1, -0.05) is 91.0 Å². The molecule has 0 saturated carbocycles. The first-order chi connectivity index (χ1) is 12.3. The molecule has 3 rings (SSSR count). The van der Waals surface area contributed by atoms with Gasteiger partial charge >= 0.3 is 0 Å². The SMILES string of the molecule is O=C(COC(c1ccccc1)c1ccccc1)NCc1ccccc1. The van der Waals surface area contributed by atoms with Gasteiger partial charge < -0.3 is 10.1 Å². The fourth-order valence-corrected chi connectivity index (χ4v) is 2.65. The fourth-order valence-electron chi connectivity index (χ4n) is 2.65. The Hall–Kier alpha value is -2.91. The molecule has 0 aromatic heterocycles. The molecule has 0 aliphatic heterocycles. The Labute approximate surface area is 148 Å². The molecular weight excluding hydrogens is 310 g/mol. The van der Waals surface area contributed by atoms with E-state index in [2.05, 4.69) is 5.32 Å². The summed E-state index contributed by atoms with van der Waals surface area (Å²) in [6.45, 7) is 0.520. The van der Waals surface area contributed by atoms with E-state index in [1.807, 2.05) is 91.0 Å². The zero-order valence-electron chi connectivity index (χ0n) is 14.0. The molecule has 0 unspecified atom stereocenters. The molecular formula is C22H21NO2. The highest BCUT2D eigenvalue weighted by Crippen LogP contribution is 2.25. The number of amides is 1. The number of nitrogens with one attached hydrogen (secondary N) is 1. The van der Waals surface area contributed by atoms with Crippen LogP contribution in [0.25, 0.3) is 0 Å². The van der Waals surface area contributed by atoms with Gasteiger partial charge in [0.25, 0.3) is 0 Å². The van der Waals surface area contributed by atoms with Crippen molar-refractivity contribution in [3.05, 3.63) is 108 Å². The van der Waals surface area contributed by atoms with Crippen LogP contribution < -0.4 is 5.32 Å². The summed E-state index contributed by atoms with van der Waals surface area (Å²) in [6.07, 6.45) is -0.259. The summed E-state index contributed by atoms with van der Waals surface area (Å²) in [5, 5.41) is 2.89. The zero-order valence-corrected chi connectivity index (χ0v) is 14.0. The maximum Gasteiger partial charge on any atom is 0.246 e. The van der Waals surface area contributed by atoms with Crippen LogP contribution in [-0.4, -0.2) is 12.5 Å². The van der Waals surface area contributed by atoms with Gasteiger partial charge in [-0.25, -0.2) is 0 Å². The third-order valence-corrected chi connectivity index (χ3v) is 3.92. The summed E-state index contributed by atoms with van der Waals surface area (Å²) < 4.78 is 5.95. The highest BCUT2D eigenvalue weighted by Gasteiger charge is 2.16. The Kier molecular flexibility index (Phi) is 5.96. The second kappa shape index (κ2) is 8.81. The van der Waals surface area contributed by atoms with Gasteiger partial charge in [0.05, 0.1) is 0 Å². The number of carbonyl (C=O) groups is 1. The average molecular weight is 331 g/mol. The van der Waals surface area contributed by atoms with E-state index in [0.29, 0.717) is 6.54 Å². The van der Waals surface area contributed by atoms with Crippen molar-refractivity contribution in [3.8, 4) is 0 Å². The van der Waals surface area contributed by atoms with Crippen molar-refractivity contribution in [2.45, 2.75) is 12.6 Å². The number of benzene rings is 3. The standard InChI is InChI=1S/C22H21NO2/c24-21(23-16-18-10-4-1-5-11-18)17-25-22(19-12-6-2-7-13-19)20-14-8-3-9-15-20/h1-15,22H,16-17H2,(H,23,24). The van der Waals surface area contributed by atoms with Gasteiger partial charge in [-0.15, -0.1) is 0 Å². The Bertz CT molecular complexity index is 733. The topological polar surface area (TPSA) is 38.3 Å². The van der Waals surface area contributed by atoms with Crippen LogP contribution in [0.4, 0.5) is 0 Å². The van der Waals surface area contributed by atoms with Crippen molar-refractivity contribution in [2.75, 3.05) is 6.61 Å². The number of rotatable bonds is 7. The molecule has 3 nitrogen and oxygen atoms in total. The molecule has 0 spiro atoms. The molecule has 1 N–H and O–H groups in total.